The highest BCUT2D eigenvalue weighted by Gasteiger charge is 2.42. The maximum absolute atomic E-state index is 12.6. The highest BCUT2D eigenvalue weighted by Crippen LogP contribution is 2.27. The molecule has 60 valence electrons. The van der Waals surface area contributed by atoms with Crippen molar-refractivity contribution in [2.45, 2.75) is 23.4 Å². The van der Waals surface area contributed by atoms with E-state index in [9.17, 15) is 4.39 Å². The van der Waals surface area contributed by atoms with Crippen LogP contribution in [0.4, 0.5) is 4.39 Å². The van der Waals surface area contributed by atoms with Crippen LogP contribution >= 0.6 is 15.9 Å². The number of hydrogen-bond acceptors (Lipinski definition) is 3. The second kappa shape index (κ2) is 3.13. The highest BCUT2D eigenvalue weighted by molar-refractivity contribution is 9.09. The van der Waals surface area contributed by atoms with Crippen molar-refractivity contribution in [1.82, 2.24) is 0 Å². The van der Waals surface area contributed by atoms with Crippen molar-refractivity contribution in [3.05, 3.63) is 0 Å². The average Bonchev–Trinajstić information content (AvgIpc) is 2.17. The van der Waals surface area contributed by atoms with E-state index in [1.54, 1.807) is 0 Å². The Labute approximate surface area is 65.9 Å². The van der Waals surface area contributed by atoms with Gasteiger partial charge in [0.05, 0.1) is 6.61 Å². The molecule has 0 aromatic rings. The number of hydrogen-bond donors (Lipinski definition) is 2. The van der Waals surface area contributed by atoms with Crippen LogP contribution in [0.3, 0.4) is 0 Å². The Kier molecular flexibility index (Phi) is 2.62. The number of aliphatic hydroxyl groups excluding tert-OH is 2. The average molecular weight is 215 g/mol. The van der Waals surface area contributed by atoms with Crippen LogP contribution in [-0.4, -0.2) is 40.2 Å². The molecular weight excluding hydrogens is 207 g/mol. The van der Waals surface area contributed by atoms with Crippen molar-refractivity contribution in [1.29, 1.82) is 0 Å². The molecule has 1 saturated heterocycles. The van der Waals surface area contributed by atoms with E-state index in [2.05, 4.69) is 15.9 Å². The van der Waals surface area contributed by atoms with E-state index in [-0.39, 0.29) is 6.61 Å². The van der Waals surface area contributed by atoms with Crippen molar-refractivity contribution in [3.8, 4) is 0 Å². The maximum atomic E-state index is 12.6. The van der Waals surface area contributed by atoms with E-state index < -0.39 is 23.4 Å². The molecule has 3 nitrogen and oxygen atoms in total. The first-order valence-electron chi connectivity index (χ1n) is 2.89. The van der Waals surface area contributed by atoms with Crippen LogP contribution in [0.2, 0.25) is 0 Å². The molecule has 0 bridgehead atoms. The largest absolute Gasteiger partial charge is 0.394 e. The molecule has 10 heavy (non-hydrogen) atoms. The summed E-state index contributed by atoms with van der Waals surface area (Å²) in [5, 5.41) is 16.6. The van der Waals surface area contributed by atoms with Crippen molar-refractivity contribution < 1.29 is 19.3 Å². The summed E-state index contributed by atoms with van der Waals surface area (Å²) in [6.07, 6.45) is -3.45. The van der Waals surface area contributed by atoms with Gasteiger partial charge in [0, 0.05) is 0 Å². The van der Waals surface area contributed by atoms with Crippen LogP contribution in [0.1, 0.15) is 0 Å². The van der Waals surface area contributed by atoms with Crippen molar-refractivity contribution in [2.24, 2.45) is 0 Å². The molecule has 5 heteroatoms. The predicted octanol–water partition coefficient (Wildman–Crippen LogP) is -0.203. The van der Waals surface area contributed by atoms with E-state index in [4.69, 9.17) is 14.9 Å². The molecule has 1 rings (SSSR count). The van der Waals surface area contributed by atoms with Gasteiger partial charge in [-0.25, -0.2) is 4.39 Å². The van der Waals surface area contributed by atoms with Gasteiger partial charge in [-0.15, -0.1) is 0 Å². The lowest BCUT2D eigenvalue weighted by molar-refractivity contribution is -0.00348. The minimum atomic E-state index is -1.45. The zero-order valence-electron chi connectivity index (χ0n) is 5.08. The van der Waals surface area contributed by atoms with Gasteiger partial charge in [0.1, 0.15) is 17.2 Å². The Hall–Kier alpha value is 0.290. The van der Waals surface area contributed by atoms with Gasteiger partial charge in [-0.2, -0.15) is 0 Å². The molecule has 1 fully saturated rings. The predicted molar refractivity (Wildman–Crippen MR) is 35.6 cm³/mol. The number of rotatable bonds is 1. The number of halogens is 2. The van der Waals surface area contributed by atoms with Gasteiger partial charge in [0.2, 0.25) is 0 Å². The van der Waals surface area contributed by atoms with Gasteiger partial charge in [0.15, 0.2) is 6.17 Å². The van der Waals surface area contributed by atoms with Crippen LogP contribution in [-0.2, 0) is 4.74 Å². The number of aliphatic hydroxyl groups is 2. The third kappa shape index (κ3) is 1.32. The maximum Gasteiger partial charge on any atom is 0.164 e. The first-order chi connectivity index (χ1) is 4.66. The van der Waals surface area contributed by atoms with E-state index in [1.165, 1.54) is 0 Å². The zero-order chi connectivity index (χ0) is 7.72. The summed E-state index contributed by atoms with van der Waals surface area (Å²) in [6, 6.07) is 0. The Balaban J connectivity index is 2.53. The summed E-state index contributed by atoms with van der Waals surface area (Å²) in [5.41, 5.74) is 0. The van der Waals surface area contributed by atoms with E-state index in [0.717, 1.165) is 0 Å². The highest BCUT2D eigenvalue weighted by atomic mass is 79.9. The second-order valence-corrected chi connectivity index (χ2v) is 3.05. The number of ether oxygens (including phenoxy) is 1. The normalized spacial score (nSPS) is 48.0. The summed E-state index contributed by atoms with van der Waals surface area (Å²) in [4.78, 5) is 0. The Morgan fingerprint density at radius 1 is 1.60 bits per heavy atom. The van der Waals surface area contributed by atoms with E-state index in [0.29, 0.717) is 0 Å². The van der Waals surface area contributed by atoms with Crippen LogP contribution in [0, 0.1) is 0 Å². The smallest absolute Gasteiger partial charge is 0.164 e. The molecule has 0 aromatic carbocycles. The fourth-order valence-corrected chi connectivity index (χ4v) is 1.42. The van der Waals surface area contributed by atoms with Gasteiger partial charge in [-0.05, 0) is 0 Å². The SMILES string of the molecule is OC[C@H]1O[C@@H](Br)[C@@H](F)[C@@H]1O. The first kappa shape index (κ1) is 8.39. The molecule has 1 aliphatic heterocycles. The van der Waals surface area contributed by atoms with Crippen molar-refractivity contribution in [3.63, 3.8) is 0 Å². The third-order valence-electron chi connectivity index (χ3n) is 1.44. The molecule has 0 unspecified atom stereocenters. The van der Waals surface area contributed by atoms with Gasteiger partial charge in [-0.3, -0.25) is 0 Å². The molecule has 4 atom stereocenters. The third-order valence-corrected chi connectivity index (χ3v) is 2.16. The molecule has 0 saturated carbocycles. The Bertz CT molecular complexity index is 123. The van der Waals surface area contributed by atoms with Gasteiger partial charge in [0.25, 0.3) is 0 Å². The van der Waals surface area contributed by atoms with E-state index in [1.807, 2.05) is 0 Å². The summed E-state index contributed by atoms with van der Waals surface area (Å²) in [5.74, 6) is 0. The van der Waals surface area contributed by atoms with Crippen LogP contribution < -0.4 is 0 Å². The van der Waals surface area contributed by atoms with Crippen LogP contribution in [0.5, 0.6) is 0 Å². The molecule has 1 aliphatic rings. The fourth-order valence-electron chi connectivity index (χ4n) is 0.834. The molecule has 2 N–H and O–H groups in total. The lowest BCUT2D eigenvalue weighted by Gasteiger charge is -2.08. The minimum Gasteiger partial charge on any atom is -0.394 e. The summed E-state index contributed by atoms with van der Waals surface area (Å²) in [6.45, 7) is -0.357. The summed E-state index contributed by atoms with van der Waals surface area (Å²) in [7, 11) is 0. The van der Waals surface area contributed by atoms with E-state index >= 15 is 0 Å². The molecule has 1 heterocycles. The monoisotopic (exact) mass is 214 g/mol. The lowest BCUT2D eigenvalue weighted by Crippen LogP contribution is -2.30. The molecule has 0 aromatic heterocycles. The quantitative estimate of drug-likeness (QED) is 0.595. The Morgan fingerprint density at radius 2 is 2.20 bits per heavy atom. The Morgan fingerprint density at radius 3 is 2.40 bits per heavy atom. The first-order valence-corrected chi connectivity index (χ1v) is 3.81. The fraction of sp³-hybridized carbons (Fsp3) is 1.00. The van der Waals surface area contributed by atoms with Gasteiger partial charge >= 0.3 is 0 Å². The molecule has 0 radical (unpaired) electrons. The molecular formula is C5H8BrFO3. The van der Waals surface area contributed by atoms with Gasteiger partial charge in [-0.1, -0.05) is 15.9 Å². The molecule has 0 amide bonds. The molecule has 0 spiro atoms. The van der Waals surface area contributed by atoms with Crippen LogP contribution in [0.25, 0.3) is 0 Å². The second-order valence-electron chi connectivity index (χ2n) is 2.14. The van der Waals surface area contributed by atoms with Gasteiger partial charge < -0.3 is 14.9 Å². The summed E-state index contributed by atoms with van der Waals surface area (Å²) >= 11 is 2.86. The topological polar surface area (TPSA) is 49.7 Å². The minimum absolute atomic E-state index is 0.357. The van der Waals surface area contributed by atoms with Crippen molar-refractivity contribution in [2.75, 3.05) is 6.61 Å². The standard InChI is InChI=1S/C5H8BrFO3/c6-5-3(7)4(9)2(1-8)10-5/h2-5,8-9H,1H2/t2-,3+,4-,5-/m1/s1. The summed E-state index contributed by atoms with van der Waals surface area (Å²) < 4.78 is 17.4. The number of alkyl halides is 2. The lowest BCUT2D eigenvalue weighted by atomic mass is 10.2. The van der Waals surface area contributed by atoms with Crippen molar-refractivity contribution >= 4 is 15.9 Å². The molecule has 0 aliphatic carbocycles. The zero-order valence-corrected chi connectivity index (χ0v) is 6.66. The van der Waals surface area contributed by atoms with Crippen LogP contribution in [0.15, 0.2) is 0 Å².